The second-order valence-electron chi connectivity index (χ2n) is 1.24. The monoisotopic (exact) mass is 95.0 g/mol. The number of H-pyrrole nitrogens is 1. The van der Waals surface area contributed by atoms with Crippen molar-refractivity contribution >= 4 is 13.2 Å². The van der Waals surface area contributed by atoms with Crippen molar-refractivity contribution in [3.63, 3.8) is 0 Å². The first kappa shape index (κ1) is 4.05. The van der Waals surface area contributed by atoms with Gasteiger partial charge in [0.1, 0.15) is 5.35 Å². The summed E-state index contributed by atoms with van der Waals surface area (Å²) >= 11 is 0. The zero-order valence-electron chi connectivity index (χ0n) is 3.81. The Morgan fingerprint density at radius 1 is 1.43 bits per heavy atom. The van der Waals surface area contributed by atoms with Gasteiger partial charge in [-0.1, -0.05) is 18.4 Å². The maximum Gasteiger partial charge on any atom is 0.105 e. The molecule has 0 saturated carbocycles. The number of aromatic amines is 1. The standard InChI is InChI=1S/C4H5N3/c1-3-4(2)6-7-5-3/h1-2H2,(H,5,6). The molecule has 0 aromatic carbocycles. The zero-order chi connectivity index (χ0) is 5.28. The predicted octanol–water partition coefficient (Wildman–Crippen LogP) is -1.37. The first-order valence-corrected chi connectivity index (χ1v) is 1.85. The van der Waals surface area contributed by atoms with E-state index in [-0.39, 0.29) is 0 Å². The summed E-state index contributed by atoms with van der Waals surface area (Å²) in [4.78, 5) is 0. The van der Waals surface area contributed by atoms with Crippen LogP contribution in [0.1, 0.15) is 0 Å². The molecule has 1 aromatic heterocycles. The lowest BCUT2D eigenvalue weighted by Crippen LogP contribution is -2.19. The highest BCUT2D eigenvalue weighted by Crippen LogP contribution is 1.31. The van der Waals surface area contributed by atoms with E-state index in [2.05, 4.69) is 28.6 Å². The predicted molar refractivity (Wildman–Crippen MR) is 26.7 cm³/mol. The third kappa shape index (κ3) is 0.513. The smallest absolute Gasteiger partial charge is 0.105 e. The molecule has 7 heavy (non-hydrogen) atoms. The summed E-state index contributed by atoms with van der Waals surface area (Å²) in [7, 11) is 0. The van der Waals surface area contributed by atoms with Crippen molar-refractivity contribution in [2.24, 2.45) is 0 Å². The van der Waals surface area contributed by atoms with E-state index in [0.717, 1.165) is 0 Å². The van der Waals surface area contributed by atoms with Crippen molar-refractivity contribution < 1.29 is 0 Å². The Morgan fingerprint density at radius 3 is 2.29 bits per heavy atom. The summed E-state index contributed by atoms with van der Waals surface area (Å²) in [6, 6.07) is 0. The summed E-state index contributed by atoms with van der Waals surface area (Å²) < 4.78 is 0. The molecule has 0 radical (unpaired) electrons. The molecule has 1 rings (SSSR count). The number of nitrogens with zero attached hydrogens (tertiary/aromatic N) is 2. The summed E-state index contributed by atoms with van der Waals surface area (Å²) in [6.45, 7) is 7.05. The van der Waals surface area contributed by atoms with Crippen LogP contribution in [0.5, 0.6) is 0 Å². The Balaban J connectivity index is 3.71. The van der Waals surface area contributed by atoms with Gasteiger partial charge in [-0.15, -0.1) is 5.10 Å². The van der Waals surface area contributed by atoms with Crippen LogP contribution in [0, 0.1) is 0 Å². The van der Waals surface area contributed by atoms with Crippen LogP contribution in [0.15, 0.2) is 0 Å². The van der Waals surface area contributed by atoms with Crippen molar-refractivity contribution in [1.29, 1.82) is 0 Å². The molecule has 3 nitrogen and oxygen atoms in total. The lowest BCUT2D eigenvalue weighted by molar-refractivity contribution is 0.926. The van der Waals surface area contributed by atoms with Crippen molar-refractivity contribution in [3.8, 4) is 0 Å². The average molecular weight is 95.1 g/mol. The van der Waals surface area contributed by atoms with Gasteiger partial charge < -0.3 is 0 Å². The third-order valence-electron chi connectivity index (χ3n) is 0.704. The molecule has 0 atom stereocenters. The summed E-state index contributed by atoms with van der Waals surface area (Å²) in [6.07, 6.45) is 0. The van der Waals surface area contributed by atoms with Crippen molar-refractivity contribution in [2.45, 2.75) is 0 Å². The van der Waals surface area contributed by atoms with E-state index in [0.29, 0.717) is 10.7 Å². The largest absolute Gasteiger partial charge is 0.258 e. The van der Waals surface area contributed by atoms with E-state index in [4.69, 9.17) is 0 Å². The van der Waals surface area contributed by atoms with E-state index < -0.39 is 0 Å². The van der Waals surface area contributed by atoms with E-state index >= 15 is 0 Å². The van der Waals surface area contributed by atoms with Crippen LogP contribution in [0.3, 0.4) is 0 Å². The van der Waals surface area contributed by atoms with Crippen LogP contribution >= 0.6 is 0 Å². The van der Waals surface area contributed by atoms with Crippen LogP contribution < -0.4 is 10.7 Å². The Hall–Kier alpha value is -1.12. The van der Waals surface area contributed by atoms with Crippen molar-refractivity contribution in [3.05, 3.63) is 10.7 Å². The van der Waals surface area contributed by atoms with Crippen LogP contribution in [0.4, 0.5) is 0 Å². The van der Waals surface area contributed by atoms with Gasteiger partial charge in [0.25, 0.3) is 0 Å². The Kier molecular flexibility index (Phi) is 0.685. The molecule has 3 heteroatoms. The lowest BCUT2D eigenvalue weighted by atomic mass is 10.6. The molecule has 0 amide bonds. The van der Waals surface area contributed by atoms with Gasteiger partial charge >= 0.3 is 0 Å². The van der Waals surface area contributed by atoms with Gasteiger partial charge in [-0.05, 0) is 0 Å². The molecule has 0 aliphatic rings. The fourth-order valence-electron chi connectivity index (χ4n) is 0.271. The van der Waals surface area contributed by atoms with Gasteiger partial charge in [0, 0.05) is 0 Å². The molecule has 0 bridgehead atoms. The summed E-state index contributed by atoms with van der Waals surface area (Å²) in [5.74, 6) is 0. The lowest BCUT2D eigenvalue weighted by Gasteiger charge is -1.56. The third-order valence-corrected chi connectivity index (χ3v) is 0.704. The minimum Gasteiger partial charge on any atom is -0.258 e. The first-order chi connectivity index (χ1) is 3.30. The van der Waals surface area contributed by atoms with Gasteiger partial charge in [0.05, 0.1) is 5.35 Å². The number of hydrogen-bond donors (Lipinski definition) is 1. The molecule has 0 fully saturated rings. The molecule has 36 valence electrons. The number of rotatable bonds is 0. The van der Waals surface area contributed by atoms with Crippen molar-refractivity contribution in [1.82, 2.24) is 15.4 Å². The minimum absolute atomic E-state index is 0.611. The molecule has 0 spiro atoms. The van der Waals surface area contributed by atoms with Crippen LogP contribution in [-0.4, -0.2) is 15.4 Å². The summed E-state index contributed by atoms with van der Waals surface area (Å²) in [5, 5.41) is 10.8. The van der Waals surface area contributed by atoms with E-state index in [9.17, 15) is 0 Å². The highest BCUT2D eigenvalue weighted by molar-refractivity contribution is 4.98. The fraction of sp³-hybridized carbons (Fsp3) is 0. The maximum atomic E-state index is 3.54. The fourth-order valence-corrected chi connectivity index (χ4v) is 0.271. The first-order valence-electron chi connectivity index (χ1n) is 1.85. The number of aromatic nitrogens is 3. The van der Waals surface area contributed by atoms with Crippen LogP contribution in [0.25, 0.3) is 13.2 Å². The average Bonchev–Trinajstić information content (AvgIpc) is 1.91. The van der Waals surface area contributed by atoms with Gasteiger partial charge in [0.15, 0.2) is 0 Å². The van der Waals surface area contributed by atoms with Crippen LogP contribution in [0.2, 0.25) is 0 Å². The highest BCUT2D eigenvalue weighted by atomic mass is 15.3. The van der Waals surface area contributed by atoms with Gasteiger partial charge in [0.2, 0.25) is 0 Å². The molecule has 1 heterocycles. The zero-order valence-corrected chi connectivity index (χ0v) is 3.81. The maximum absolute atomic E-state index is 3.54. The molecule has 0 saturated heterocycles. The van der Waals surface area contributed by atoms with Crippen molar-refractivity contribution in [2.75, 3.05) is 0 Å². The normalized spacial score (nSPS) is 9.14. The second-order valence-corrected chi connectivity index (χ2v) is 1.24. The van der Waals surface area contributed by atoms with E-state index in [1.807, 2.05) is 0 Å². The van der Waals surface area contributed by atoms with Gasteiger partial charge in [-0.3, -0.25) is 5.10 Å². The van der Waals surface area contributed by atoms with Crippen LogP contribution in [-0.2, 0) is 0 Å². The van der Waals surface area contributed by atoms with E-state index in [1.165, 1.54) is 0 Å². The molecule has 1 aromatic rings. The molecule has 0 unspecified atom stereocenters. The molecule has 0 aliphatic heterocycles. The molecule has 0 aliphatic carbocycles. The topological polar surface area (TPSA) is 41.6 Å². The molecule has 1 N–H and O–H groups in total. The minimum atomic E-state index is 0.611. The van der Waals surface area contributed by atoms with E-state index in [1.54, 1.807) is 0 Å². The molecular formula is C4H5N3. The molecular weight excluding hydrogens is 90.1 g/mol. The summed E-state index contributed by atoms with van der Waals surface area (Å²) in [5.41, 5.74) is 0. The SMILES string of the molecule is C=c1nn[nH]c1=C. The Labute approximate surface area is 40.4 Å². The quantitative estimate of drug-likeness (QED) is 0.431. The van der Waals surface area contributed by atoms with Gasteiger partial charge in [-0.2, -0.15) is 0 Å². The number of nitrogens with one attached hydrogen (secondary N) is 1. The Morgan fingerprint density at radius 2 is 2.14 bits per heavy atom. The Bertz CT molecular complexity index is 211. The highest BCUT2D eigenvalue weighted by Gasteiger charge is 1.74. The van der Waals surface area contributed by atoms with Gasteiger partial charge in [-0.25, -0.2) is 0 Å². The number of hydrogen-bond acceptors (Lipinski definition) is 2. The second kappa shape index (κ2) is 1.18.